The van der Waals surface area contributed by atoms with E-state index in [1.54, 1.807) is 68.6 Å². The highest BCUT2D eigenvalue weighted by atomic mass is 35.5. The normalized spacial score (nSPS) is 11.6. The zero-order chi connectivity index (χ0) is 26.3. The number of methoxy groups -OCH3 is 2. The summed E-state index contributed by atoms with van der Waals surface area (Å²) < 4.78 is 38.7. The Morgan fingerprint density at radius 3 is 2.33 bits per heavy atom. The van der Waals surface area contributed by atoms with Crippen LogP contribution in [0.1, 0.15) is 24.5 Å². The van der Waals surface area contributed by atoms with Gasteiger partial charge in [-0.15, -0.1) is 0 Å². The highest BCUT2D eigenvalue weighted by molar-refractivity contribution is 7.92. The van der Waals surface area contributed by atoms with Crippen molar-refractivity contribution in [2.75, 3.05) is 25.1 Å². The number of halogens is 1. The van der Waals surface area contributed by atoms with Crippen molar-refractivity contribution in [3.63, 3.8) is 0 Å². The Morgan fingerprint density at radius 2 is 1.69 bits per heavy atom. The third kappa shape index (κ3) is 5.98. The van der Waals surface area contributed by atoms with E-state index in [2.05, 4.69) is 10.5 Å². The molecule has 3 aromatic carbocycles. The molecule has 36 heavy (non-hydrogen) atoms. The first kappa shape index (κ1) is 27.0. The molecule has 0 bridgehead atoms. The van der Waals surface area contributed by atoms with Crippen LogP contribution in [-0.4, -0.2) is 40.8 Å². The summed E-state index contributed by atoms with van der Waals surface area (Å²) in [7, 11) is -0.988. The van der Waals surface area contributed by atoms with Crippen LogP contribution in [0, 0.1) is 6.92 Å². The SMILES string of the molecule is CC/C(=N/NC(=O)CN(c1cccc(Cl)c1C)S(=O)(=O)c1ccccc1)c1ccc(OC)c(OC)c1. The summed E-state index contributed by atoms with van der Waals surface area (Å²) in [5.41, 5.74) is 4.65. The summed E-state index contributed by atoms with van der Waals surface area (Å²) >= 11 is 6.26. The van der Waals surface area contributed by atoms with Gasteiger partial charge in [-0.1, -0.05) is 42.8 Å². The summed E-state index contributed by atoms with van der Waals surface area (Å²) in [6, 6.07) is 18.1. The number of nitrogens with one attached hydrogen (secondary N) is 1. The fraction of sp³-hybridized carbons (Fsp3) is 0.231. The molecule has 190 valence electrons. The van der Waals surface area contributed by atoms with Crippen molar-refractivity contribution in [1.29, 1.82) is 0 Å². The number of sulfonamides is 1. The smallest absolute Gasteiger partial charge is 0.264 e. The molecule has 1 N–H and O–H groups in total. The zero-order valence-electron chi connectivity index (χ0n) is 20.5. The monoisotopic (exact) mass is 529 g/mol. The van der Waals surface area contributed by atoms with E-state index in [1.165, 1.54) is 19.2 Å². The van der Waals surface area contributed by atoms with E-state index in [4.69, 9.17) is 21.1 Å². The standard InChI is InChI=1S/C26H28ClN3O5S/c1-5-22(19-14-15-24(34-3)25(16-19)35-4)28-29-26(31)17-30(23-13-9-12-21(27)18(23)2)36(32,33)20-10-7-6-8-11-20/h6-16H,5,17H2,1-4H3,(H,29,31)/b28-22-. The first-order valence-corrected chi connectivity index (χ1v) is 12.9. The zero-order valence-corrected chi connectivity index (χ0v) is 22.1. The van der Waals surface area contributed by atoms with Crippen molar-refractivity contribution in [2.24, 2.45) is 5.10 Å². The van der Waals surface area contributed by atoms with Crippen LogP contribution >= 0.6 is 11.6 Å². The molecule has 8 nitrogen and oxygen atoms in total. The molecule has 0 aliphatic carbocycles. The summed E-state index contributed by atoms with van der Waals surface area (Å²) in [6.45, 7) is 3.10. The van der Waals surface area contributed by atoms with E-state index in [-0.39, 0.29) is 4.90 Å². The van der Waals surface area contributed by atoms with Crippen molar-refractivity contribution in [3.8, 4) is 11.5 Å². The molecule has 0 aliphatic heterocycles. The van der Waals surface area contributed by atoms with Gasteiger partial charge in [0.05, 0.1) is 30.5 Å². The number of benzene rings is 3. The average Bonchev–Trinajstić information content (AvgIpc) is 2.89. The molecular formula is C26H28ClN3O5S. The number of hydrogen-bond acceptors (Lipinski definition) is 6. The molecular weight excluding hydrogens is 502 g/mol. The molecule has 0 saturated carbocycles. The maximum absolute atomic E-state index is 13.5. The van der Waals surface area contributed by atoms with Gasteiger partial charge in [0.25, 0.3) is 15.9 Å². The van der Waals surface area contributed by atoms with Crippen LogP contribution < -0.4 is 19.2 Å². The quantitative estimate of drug-likeness (QED) is 0.301. The van der Waals surface area contributed by atoms with Crippen LogP contribution in [0.2, 0.25) is 5.02 Å². The number of anilines is 1. The lowest BCUT2D eigenvalue weighted by Crippen LogP contribution is -2.40. The van der Waals surface area contributed by atoms with E-state index >= 15 is 0 Å². The van der Waals surface area contributed by atoms with Crippen molar-refractivity contribution < 1.29 is 22.7 Å². The molecule has 3 aromatic rings. The number of amides is 1. The molecule has 0 radical (unpaired) electrons. The van der Waals surface area contributed by atoms with Gasteiger partial charge >= 0.3 is 0 Å². The van der Waals surface area contributed by atoms with Gasteiger partial charge in [0.15, 0.2) is 11.5 Å². The van der Waals surface area contributed by atoms with Gasteiger partial charge in [0.2, 0.25) is 0 Å². The molecule has 0 saturated heterocycles. The molecule has 0 heterocycles. The molecule has 0 aliphatic rings. The van der Waals surface area contributed by atoms with Gasteiger partial charge in [0.1, 0.15) is 6.54 Å². The van der Waals surface area contributed by atoms with Gasteiger partial charge in [-0.3, -0.25) is 9.10 Å². The highest BCUT2D eigenvalue weighted by Crippen LogP contribution is 2.31. The topological polar surface area (TPSA) is 97.3 Å². The third-order valence-electron chi connectivity index (χ3n) is 5.49. The number of nitrogens with zero attached hydrogens (tertiary/aromatic N) is 2. The Bertz CT molecular complexity index is 1360. The lowest BCUT2D eigenvalue weighted by atomic mass is 10.1. The minimum Gasteiger partial charge on any atom is -0.493 e. The Hall–Kier alpha value is -3.56. The van der Waals surface area contributed by atoms with Gasteiger partial charge in [-0.05, 0) is 61.4 Å². The number of rotatable bonds is 10. The fourth-order valence-electron chi connectivity index (χ4n) is 3.54. The lowest BCUT2D eigenvalue weighted by Gasteiger charge is -2.25. The fourth-order valence-corrected chi connectivity index (χ4v) is 5.21. The van der Waals surface area contributed by atoms with E-state index in [0.717, 1.165) is 9.87 Å². The van der Waals surface area contributed by atoms with Crippen LogP contribution in [0.5, 0.6) is 11.5 Å². The second kappa shape index (κ2) is 11.9. The summed E-state index contributed by atoms with van der Waals surface area (Å²) in [6.07, 6.45) is 0.509. The van der Waals surface area contributed by atoms with Crippen molar-refractivity contribution >= 4 is 38.9 Å². The second-order valence-corrected chi connectivity index (χ2v) is 9.99. The maximum atomic E-state index is 13.5. The van der Waals surface area contributed by atoms with Crippen LogP contribution in [-0.2, 0) is 14.8 Å². The first-order chi connectivity index (χ1) is 17.2. The third-order valence-corrected chi connectivity index (χ3v) is 7.68. The second-order valence-electron chi connectivity index (χ2n) is 7.73. The van der Waals surface area contributed by atoms with E-state index in [0.29, 0.717) is 39.9 Å². The van der Waals surface area contributed by atoms with Gasteiger partial charge in [-0.25, -0.2) is 13.8 Å². The van der Waals surface area contributed by atoms with Crippen LogP contribution in [0.3, 0.4) is 0 Å². The lowest BCUT2D eigenvalue weighted by molar-refractivity contribution is -0.119. The number of carbonyl (C=O) groups is 1. The van der Waals surface area contributed by atoms with Crippen LogP contribution in [0.15, 0.2) is 76.7 Å². The molecule has 0 unspecified atom stereocenters. The summed E-state index contributed by atoms with van der Waals surface area (Å²) in [5, 5.41) is 4.65. The van der Waals surface area contributed by atoms with E-state index < -0.39 is 22.5 Å². The molecule has 0 aromatic heterocycles. The predicted octanol–water partition coefficient (Wildman–Crippen LogP) is 4.79. The number of carbonyl (C=O) groups excluding carboxylic acids is 1. The predicted molar refractivity (Wildman–Crippen MR) is 142 cm³/mol. The Labute approximate surface area is 216 Å². The summed E-state index contributed by atoms with van der Waals surface area (Å²) in [5.74, 6) is 0.485. The number of hydrazone groups is 1. The molecule has 3 rings (SSSR count). The minimum atomic E-state index is -4.07. The number of hydrogen-bond donors (Lipinski definition) is 1. The Balaban J connectivity index is 1.92. The van der Waals surface area contributed by atoms with E-state index in [9.17, 15) is 13.2 Å². The van der Waals surface area contributed by atoms with Crippen molar-refractivity contribution in [1.82, 2.24) is 5.43 Å². The maximum Gasteiger partial charge on any atom is 0.264 e. The van der Waals surface area contributed by atoms with Gasteiger partial charge in [-0.2, -0.15) is 5.10 Å². The van der Waals surface area contributed by atoms with Gasteiger partial charge in [0, 0.05) is 10.6 Å². The highest BCUT2D eigenvalue weighted by Gasteiger charge is 2.28. The molecule has 1 amide bonds. The van der Waals surface area contributed by atoms with Crippen molar-refractivity contribution in [2.45, 2.75) is 25.2 Å². The Kier molecular flexibility index (Phi) is 8.95. The number of ether oxygens (including phenoxy) is 2. The van der Waals surface area contributed by atoms with Crippen LogP contribution in [0.25, 0.3) is 0 Å². The average molecular weight is 530 g/mol. The molecule has 0 spiro atoms. The van der Waals surface area contributed by atoms with Crippen LogP contribution in [0.4, 0.5) is 5.69 Å². The molecule has 10 heteroatoms. The van der Waals surface area contributed by atoms with Crippen molar-refractivity contribution in [3.05, 3.63) is 82.9 Å². The van der Waals surface area contributed by atoms with Gasteiger partial charge < -0.3 is 9.47 Å². The molecule has 0 atom stereocenters. The summed E-state index contributed by atoms with van der Waals surface area (Å²) in [4.78, 5) is 13.0. The first-order valence-electron chi connectivity index (χ1n) is 11.1. The minimum absolute atomic E-state index is 0.0558. The largest absolute Gasteiger partial charge is 0.493 e. The Morgan fingerprint density at radius 1 is 1.00 bits per heavy atom. The van der Waals surface area contributed by atoms with E-state index in [1.807, 2.05) is 6.92 Å². The molecule has 0 fully saturated rings.